The molecule has 0 N–H and O–H groups in total. The molecule has 0 aromatic rings. The fourth-order valence-electron chi connectivity index (χ4n) is 3.32. The highest BCUT2D eigenvalue weighted by Crippen LogP contribution is 2.48. The lowest BCUT2D eigenvalue weighted by Crippen LogP contribution is -2.40. The summed E-state index contributed by atoms with van der Waals surface area (Å²) in [5.74, 6) is 0.294. The average Bonchev–Trinajstić information content (AvgIpc) is 2.96. The minimum absolute atomic E-state index is 0.0345. The van der Waals surface area contributed by atoms with E-state index in [1.165, 1.54) is 12.8 Å². The summed E-state index contributed by atoms with van der Waals surface area (Å²) >= 11 is 0. The number of hydrogen-bond donors (Lipinski definition) is 0. The molecule has 1 saturated carbocycles. The van der Waals surface area contributed by atoms with Crippen LogP contribution in [0.3, 0.4) is 0 Å². The molecule has 0 bridgehead atoms. The molecule has 3 nitrogen and oxygen atoms in total. The quantitative estimate of drug-likeness (QED) is 0.569. The van der Waals surface area contributed by atoms with Gasteiger partial charge in [0, 0.05) is 11.8 Å². The van der Waals surface area contributed by atoms with E-state index < -0.39 is 5.41 Å². The van der Waals surface area contributed by atoms with Crippen molar-refractivity contribution >= 4 is 11.8 Å². The summed E-state index contributed by atoms with van der Waals surface area (Å²) in [7, 11) is 0. The zero-order valence-corrected chi connectivity index (χ0v) is 12.9. The normalized spacial score (nSPS) is 28.8. The maximum Gasteiger partial charge on any atom is 0.306 e. The second kappa shape index (κ2) is 5.71. The largest absolute Gasteiger partial charge is 0.458 e. The van der Waals surface area contributed by atoms with Crippen molar-refractivity contribution in [1.29, 1.82) is 0 Å². The molecule has 0 heterocycles. The third-order valence-corrected chi connectivity index (χ3v) is 5.39. The number of Topliss-reactive ketones (excluding diaryl/α,β-unsaturated/α-hetero) is 1. The predicted molar refractivity (Wildman–Crippen MR) is 78.2 cm³/mol. The van der Waals surface area contributed by atoms with Crippen molar-refractivity contribution in [2.45, 2.75) is 59.3 Å². The molecule has 0 unspecified atom stereocenters. The van der Waals surface area contributed by atoms with E-state index in [9.17, 15) is 9.59 Å². The number of allylic oxidation sites excluding steroid dienone is 2. The molecule has 20 heavy (non-hydrogen) atoms. The van der Waals surface area contributed by atoms with E-state index in [0.717, 1.165) is 19.3 Å². The molecule has 0 aliphatic heterocycles. The molecule has 0 aromatic heterocycles. The first-order valence-electron chi connectivity index (χ1n) is 7.72. The molecule has 0 aromatic carbocycles. The maximum atomic E-state index is 12.4. The van der Waals surface area contributed by atoms with Crippen LogP contribution in [0.1, 0.15) is 59.3 Å². The molecule has 2 rings (SSSR count). The lowest BCUT2D eigenvalue weighted by molar-refractivity contribution is -0.152. The van der Waals surface area contributed by atoms with Crippen molar-refractivity contribution in [3.05, 3.63) is 12.2 Å². The number of rotatable bonds is 5. The Bertz CT molecular complexity index is 416. The van der Waals surface area contributed by atoms with Gasteiger partial charge in [-0.25, -0.2) is 0 Å². The van der Waals surface area contributed by atoms with E-state index >= 15 is 0 Å². The molecule has 112 valence electrons. The Morgan fingerprint density at radius 1 is 1.20 bits per heavy atom. The van der Waals surface area contributed by atoms with Crippen LogP contribution in [-0.4, -0.2) is 18.4 Å². The number of ketones is 1. The number of carbonyl (C=O) groups is 2. The molecule has 3 heteroatoms. The van der Waals surface area contributed by atoms with Gasteiger partial charge < -0.3 is 4.74 Å². The fraction of sp³-hybridized carbons (Fsp3) is 0.765. The van der Waals surface area contributed by atoms with E-state index in [4.69, 9.17) is 4.74 Å². The summed E-state index contributed by atoms with van der Waals surface area (Å²) < 4.78 is 5.22. The van der Waals surface area contributed by atoms with Gasteiger partial charge >= 0.3 is 5.97 Å². The monoisotopic (exact) mass is 278 g/mol. The van der Waals surface area contributed by atoms with Gasteiger partial charge in [-0.1, -0.05) is 45.8 Å². The molecular formula is C17H26O3. The molecular weight excluding hydrogens is 252 g/mol. The second-order valence-electron chi connectivity index (χ2n) is 7.10. The van der Waals surface area contributed by atoms with Crippen LogP contribution in [0.2, 0.25) is 0 Å². The SMILES string of the molecule is CC1(C)C=CC[C@]1(C)C(=O)COC(=O)CC1CCCC1. The van der Waals surface area contributed by atoms with Crippen molar-refractivity contribution in [2.75, 3.05) is 6.61 Å². The van der Waals surface area contributed by atoms with Gasteiger partial charge in [0.2, 0.25) is 0 Å². The van der Waals surface area contributed by atoms with Gasteiger partial charge in [-0.05, 0) is 30.6 Å². The van der Waals surface area contributed by atoms with E-state index in [1.807, 2.05) is 6.92 Å². The predicted octanol–water partition coefficient (Wildman–Crippen LogP) is 3.67. The Balaban J connectivity index is 1.81. The van der Waals surface area contributed by atoms with Crippen molar-refractivity contribution in [3.63, 3.8) is 0 Å². The summed E-state index contributed by atoms with van der Waals surface area (Å²) in [6, 6.07) is 0. The standard InChI is InChI=1S/C17H26O3/c1-16(2)9-6-10-17(16,3)14(18)12-20-15(19)11-13-7-4-5-8-13/h6,9,13H,4-5,7-8,10-12H2,1-3H3/t17-/m1/s1. The second-order valence-corrected chi connectivity index (χ2v) is 7.10. The summed E-state index contributed by atoms with van der Waals surface area (Å²) in [4.78, 5) is 24.2. The van der Waals surface area contributed by atoms with Crippen LogP contribution in [0.4, 0.5) is 0 Å². The van der Waals surface area contributed by atoms with E-state index in [1.54, 1.807) is 0 Å². The zero-order chi connectivity index (χ0) is 14.8. The van der Waals surface area contributed by atoms with Crippen LogP contribution in [0, 0.1) is 16.7 Å². The van der Waals surface area contributed by atoms with Crippen molar-refractivity contribution in [2.24, 2.45) is 16.7 Å². The summed E-state index contributed by atoms with van der Waals surface area (Å²) in [5, 5.41) is 0. The number of carbonyl (C=O) groups excluding carboxylic acids is 2. The van der Waals surface area contributed by atoms with Gasteiger partial charge in [-0.2, -0.15) is 0 Å². The molecule has 2 aliphatic rings. The molecule has 0 amide bonds. The highest BCUT2D eigenvalue weighted by atomic mass is 16.5. The highest BCUT2D eigenvalue weighted by molar-refractivity contribution is 5.89. The van der Waals surface area contributed by atoms with Crippen molar-refractivity contribution in [3.8, 4) is 0 Å². The molecule has 2 aliphatic carbocycles. The Kier molecular flexibility index (Phi) is 4.36. The van der Waals surface area contributed by atoms with Gasteiger partial charge in [0.25, 0.3) is 0 Å². The van der Waals surface area contributed by atoms with Crippen LogP contribution < -0.4 is 0 Å². The fourth-order valence-corrected chi connectivity index (χ4v) is 3.32. The zero-order valence-electron chi connectivity index (χ0n) is 12.9. The van der Waals surface area contributed by atoms with Crippen molar-refractivity contribution < 1.29 is 14.3 Å². The molecule has 1 atom stereocenters. The number of ether oxygens (including phenoxy) is 1. The third-order valence-electron chi connectivity index (χ3n) is 5.39. The van der Waals surface area contributed by atoms with Crippen LogP contribution in [0.25, 0.3) is 0 Å². The lowest BCUT2D eigenvalue weighted by atomic mass is 9.66. The molecule has 0 radical (unpaired) electrons. The van der Waals surface area contributed by atoms with Gasteiger partial charge in [-0.3, -0.25) is 9.59 Å². The summed E-state index contributed by atoms with van der Waals surface area (Å²) in [5.41, 5.74) is -0.609. The molecule has 1 fully saturated rings. The van der Waals surface area contributed by atoms with Gasteiger partial charge in [-0.15, -0.1) is 0 Å². The number of hydrogen-bond acceptors (Lipinski definition) is 3. The van der Waals surface area contributed by atoms with Crippen LogP contribution >= 0.6 is 0 Å². The minimum Gasteiger partial charge on any atom is -0.458 e. The third kappa shape index (κ3) is 2.97. The average molecular weight is 278 g/mol. The minimum atomic E-state index is -0.444. The molecule has 0 saturated heterocycles. The summed E-state index contributed by atoms with van der Waals surface area (Å²) in [6.45, 7) is 6.02. The number of esters is 1. The van der Waals surface area contributed by atoms with E-state index in [2.05, 4.69) is 26.0 Å². The van der Waals surface area contributed by atoms with E-state index in [-0.39, 0.29) is 23.8 Å². The van der Waals surface area contributed by atoms with Gasteiger partial charge in [0.15, 0.2) is 12.4 Å². The summed E-state index contributed by atoms with van der Waals surface area (Å²) in [6.07, 6.45) is 10.0. The smallest absolute Gasteiger partial charge is 0.306 e. The Hall–Kier alpha value is -1.12. The van der Waals surface area contributed by atoms with Crippen molar-refractivity contribution in [1.82, 2.24) is 0 Å². The molecule has 0 spiro atoms. The topological polar surface area (TPSA) is 43.4 Å². The maximum absolute atomic E-state index is 12.4. The van der Waals surface area contributed by atoms with Crippen LogP contribution in [-0.2, 0) is 14.3 Å². The van der Waals surface area contributed by atoms with Crippen LogP contribution in [0.15, 0.2) is 12.2 Å². The van der Waals surface area contributed by atoms with Gasteiger partial charge in [0.1, 0.15) is 0 Å². The Labute approximate surface area is 121 Å². The first kappa shape index (κ1) is 15.3. The first-order valence-corrected chi connectivity index (χ1v) is 7.72. The first-order chi connectivity index (χ1) is 9.35. The lowest BCUT2D eigenvalue weighted by Gasteiger charge is -2.36. The highest BCUT2D eigenvalue weighted by Gasteiger charge is 2.47. The Morgan fingerprint density at radius 3 is 2.40 bits per heavy atom. The Morgan fingerprint density at radius 2 is 1.85 bits per heavy atom. The van der Waals surface area contributed by atoms with Crippen LogP contribution in [0.5, 0.6) is 0 Å². The van der Waals surface area contributed by atoms with E-state index in [0.29, 0.717) is 12.3 Å². The van der Waals surface area contributed by atoms with Gasteiger partial charge in [0.05, 0.1) is 0 Å².